The molecular formula is C27H32O4. The fourth-order valence-electron chi connectivity index (χ4n) is 4.29. The maximum Gasteiger partial charge on any atom is 0.229 e. The molecule has 1 N–H and O–H groups in total. The summed E-state index contributed by atoms with van der Waals surface area (Å²) in [5.74, 6) is -0.242. The summed E-state index contributed by atoms with van der Waals surface area (Å²) < 4.78 is 5.51. The van der Waals surface area contributed by atoms with Crippen LogP contribution >= 0.6 is 0 Å². The van der Waals surface area contributed by atoms with Crippen LogP contribution in [0, 0.1) is 13.8 Å². The Kier molecular flexibility index (Phi) is 5.42. The van der Waals surface area contributed by atoms with Crippen molar-refractivity contribution in [1.29, 1.82) is 0 Å². The van der Waals surface area contributed by atoms with E-state index in [2.05, 4.69) is 0 Å². The highest BCUT2D eigenvalue weighted by atomic mass is 16.5. The average Bonchev–Trinajstić information content (AvgIpc) is 2.62. The minimum absolute atomic E-state index is 0.0490. The third-order valence-electron chi connectivity index (χ3n) is 5.83. The number of allylic oxidation sites excluding steroid dienone is 2. The van der Waals surface area contributed by atoms with Crippen LogP contribution in [0.3, 0.4) is 0 Å². The quantitative estimate of drug-likeness (QED) is 0.643. The van der Waals surface area contributed by atoms with E-state index in [-0.39, 0.29) is 39.5 Å². The van der Waals surface area contributed by atoms with Crippen LogP contribution in [0.4, 0.5) is 0 Å². The van der Waals surface area contributed by atoms with Crippen LogP contribution in [0.2, 0.25) is 0 Å². The first-order valence-electron chi connectivity index (χ1n) is 10.6. The number of phenolic OH excluding ortho intramolecular Hbond substituents is 1. The number of hydrogen-bond donors (Lipinski definition) is 1. The SMILES string of the molecule is COC1=C(c2cc(C(C)(C)C)c(O)c(C(C)(C)C)c2)C(=O)c2c(C)cc(C)cc2C1=O. The van der Waals surface area contributed by atoms with Crippen molar-refractivity contribution in [2.24, 2.45) is 0 Å². The van der Waals surface area contributed by atoms with Crippen molar-refractivity contribution in [2.75, 3.05) is 7.11 Å². The second-order valence-electron chi connectivity index (χ2n) is 10.5. The van der Waals surface area contributed by atoms with Gasteiger partial charge in [0.25, 0.3) is 0 Å². The smallest absolute Gasteiger partial charge is 0.229 e. The number of Topliss-reactive ketones (excluding diaryl/α,β-unsaturated/α-hetero) is 2. The number of ether oxygens (including phenoxy) is 1. The molecule has 4 heteroatoms. The summed E-state index contributed by atoms with van der Waals surface area (Å²) in [5, 5.41) is 11.1. The number of benzene rings is 2. The second kappa shape index (κ2) is 7.37. The molecule has 164 valence electrons. The number of methoxy groups -OCH3 is 1. The molecule has 0 bridgehead atoms. The third kappa shape index (κ3) is 3.80. The number of aromatic hydroxyl groups is 1. The van der Waals surface area contributed by atoms with E-state index in [4.69, 9.17) is 4.74 Å². The number of hydrogen-bond acceptors (Lipinski definition) is 4. The van der Waals surface area contributed by atoms with Gasteiger partial charge in [-0.15, -0.1) is 0 Å². The summed E-state index contributed by atoms with van der Waals surface area (Å²) in [5.41, 5.74) is 4.08. The van der Waals surface area contributed by atoms with Crippen LogP contribution < -0.4 is 0 Å². The van der Waals surface area contributed by atoms with Gasteiger partial charge in [0.2, 0.25) is 5.78 Å². The van der Waals surface area contributed by atoms with Gasteiger partial charge < -0.3 is 9.84 Å². The first-order valence-corrected chi connectivity index (χ1v) is 10.6. The first kappa shape index (κ1) is 22.8. The highest BCUT2D eigenvalue weighted by molar-refractivity contribution is 6.40. The van der Waals surface area contributed by atoms with Crippen molar-refractivity contribution in [1.82, 2.24) is 0 Å². The summed E-state index contributed by atoms with van der Waals surface area (Å²) in [6, 6.07) is 7.30. The summed E-state index contributed by atoms with van der Waals surface area (Å²) in [7, 11) is 1.42. The zero-order valence-corrected chi connectivity index (χ0v) is 20.0. The lowest BCUT2D eigenvalue weighted by molar-refractivity contribution is 0.0924. The third-order valence-corrected chi connectivity index (χ3v) is 5.83. The molecule has 0 aromatic heterocycles. The fraction of sp³-hybridized carbons (Fsp3) is 0.407. The van der Waals surface area contributed by atoms with E-state index >= 15 is 0 Å². The Morgan fingerprint density at radius 3 is 1.77 bits per heavy atom. The topological polar surface area (TPSA) is 63.6 Å². The largest absolute Gasteiger partial charge is 0.507 e. The average molecular weight is 421 g/mol. The van der Waals surface area contributed by atoms with Crippen molar-refractivity contribution in [3.63, 3.8) is 0 Å². The second-order valence-corrected chi connectivity index (χ2v) is 10.5. The van der Waals surface area contributed by atoms with Gasteiger partial charge in [0, 0.05) is 22.3 Å². The maximum absolute atomic E-state index is 13.7. The van der Waals surface area contributed by atoms with E-state index in [9.17, 15) is 14.7 Å². The summed E-state index contributed by atoms with van der Waals surface area (Å²) >= 11 is 0. The van der Waals surface area contributed by atoms with Crippen LogP contribution in [-0.2, 0) is 15.6 Å². The molecule has 4 nitrogen and oxygen atoms in total. The van der Waals surface area contributed by atoms with E-state index in [1.54, 1.807) is 6.07 Å². The Bertz CT molecular complexity index is 1100. The molecule has 1 aliphatic rings. The molecule has 0 heterocycles. The minimum atomic E-state index is -0.361. The summed E-state index contributed by atoms with van der Waals surface area (Å²) in [6.07, 6.45) is 0. The molecule has 0 saturated heterocycles. The van der Waals surface area contributed by atoms with Crippen LogP contribution in [0.25, 0.3) is 5.57 Å². The number of carbonyl (C=O) groups excluding carboxylic acids is 2. The lowest BCUT2D eigenvalue weighted by Gasteiger charge is -2.29. The van der Waals surface area contributed by atoms with Gasteiger partial charge >= 0.3 is 0 Å². The van der Waals surface area contributed by atoms with Gasteiger partial charge in [0.1, 0.15) is 5.75 Å². The van der Waals surface area contributed by atoms with Gasteiger partial charge in [-0.1, -0.05) is 53.2 Å². The zero-order valence-electron chi connectivity index (χ0n) is 20.0. The number of carbonyl (C=O) groups is 2. The molecule has 0 amide bonds. The molecule has 0 unspecified atom stereocenters. The Morgan fingerprint density at radius 2 is 1.32 bits per heavy atom. The van der Waals surface area contributed by atoms with Crippen LogP contribution in [-0.4, -0.2) is 23.8 Å². The molecule has 0 saturated carbocycles. The highest BCUT2D eigenvalue weighted by Crippen LogP contribution is 2.43. The van der Waals surface area contributed by atoms with Gasteiger partial charge in [-0.2, -0.15) is 0 Å². The maximum atomic E-state index is 13.7. The Hall–Kier alpha value is -2.88. The number of ketones is 2. The van der Waals surface area contributed by atoms with Crippen molar-refractivity contribution < 1.29 is 19.4 Å². The number of fused-ring (bicyclic) bond motifs is 1. The van der Waals surface area contributed by atoms with Gasteiger partial charge in [-0.25, -0.2) is 0 Å². The van der Waals surface area contributed by atoms with Gasteiger partial charge in [0.05, 0.1) is 12.7 Å². The molecule has 2 aromatic carbocycles. The Labute approximate surface area is 184 Å². The standard InChI is InChI=1S/C27H32O4/c1-14-10-15(2)20-17(11-14)22(28)25(31-9)21(24(20)30)16-12-18(26(3,4)5)23(29)19(13-16)27(6,7)8/h10-13,29H,1-9H3. The number of rotatable bonds is 2. The molecule has 1 aliphatic carbocycles. The van der Waals surface area contributed by atoms with Crippen LogP contribution in [0.5, 0.6) is 5.75 Å². The van der Waals surface area contributed by atoms with Gasteiger partial charge in [-0.3, -0.25) is 9.59 Å². The van der Waals surface area contributed by atoms with E-state index in [0.29, 0.717) is 16.7 Å². The predicted octanol–water partition coefficient (Wildman–Crippen LogP) is 6.04. The van der Waals surface area contributed by atoms with Gasteiger partial charge in [-0.05, 0) is 54.0 Å². The molecular weight excluding hydrogens is 388 g/mol. The van der Waals surface area contributed by atoms with Crippen molar-refractivity contribution in [2.45, 2.75) is 66.2 Å². The highest BCUT2D eigenvalue weighted by Gasteiger charge is 2.37. The molecule has 0 aliphatic heterocycles. The number of aryl methyl sites for hydroxylation is 2. The zero-order chi connectivity index (χ0) is 23.5. The predicted molar refractivity (Wildman–Crippen MR) is 124 cm³/mol. The van der Waals surface area contributed by atoms with Crippen LogP contribution in [0.15, 0.2) is 30.0 Å². The first-order chi connectivity index (χ1) is 14.2. The number of phenols is 1. The molecule has 0 fully saturated rings. The van der Waals surface area contributed by atoms with Crippen molar-refractivity contribution in [3.8, 4) is 5.75 Å². The molecule has 0 radical (unpaired) electrons. The van der Waals surface area contributed by atoms with E-state index in [1.807, 2.05) is 73.6 Å². The van der Waals surface area contributed by atoms with Crippen molar-refractivity contribution in [3.05, 3.63) is 69.0 Å². The fourth-order valence-corrected chi connectivity index (χ4v) is 4.29. The van der Waals surface area contributed by atoms with E-state index in [0.717, 1.165) is 22.3 Å². The van der Waals surface area contributed by atoms with E-state index in [1.165, 1.54) is 7.11 Å². The molecule has 3 rings (SSSR count). The van der Waals surface area contributed by atoms with Gasteiger partial charge in [0.15, 0.2) is 11.5 Å². The molecule has 0 atom stereocenters. The lowest BCUT2D eigenvalue weighted by Crippen LogP contribution is -2.25. The molecule has 2 aromatic rings. The summed E-state index contributed by atoms with van der Waals surface area (Å²) in [4.78, 5) is 27.0. The molecule has 0 spiro atoms. The Morgan fingerprint density at radius 1 is 0.806 bits per heavy atom. The van der Waals surface area contributed by atoms with Crippen molar-refractivity contribution >= 4 is 17.1 Å². The van der Waals surface area contributed by atoms with Crippen LogP contribution in [0.1, 0.15) is 90.1 Å². The molecule has 31 heavy (non-hydrogen) atoms. The minimum Gasteiger partial charge on any atom is -0.507 e. The van der Waals surface area contributed by atoms with E-state index < -0.39 is 0 Å². The lowest BCUT2D eigenvalue weighted by atomic mass is 9.75. The monoisotopic (exact) mass is 420 g/mol. The summed E-state index contributed by atoms with van der Waals surface area (Å²) in [6.45, 7) is 15.8. The normalized spacial score (nSPS) is 14.7. The Balaban J connectivity index is 2.40.